The second-order valence-electron chi connectivity index (χ2n) is 10.3. The lowest BCUT2D eigenvalue weighted by Gasteiger charge is -2.23. The molecule has 0 radical (unpaired) electrons. The molecular formula is C30H39FN2O6. The normalized spacial score (nSPS) is 13.1. The molecule has 0 aliphatic rings. The van der Waals surface area contributed by atoms with E-state index in [1.54, 1.807) is 63.1 Å². The second-order valence-corrected chi connectivity index (χ2v) is 10.3. The molecule has 0 saturated heterocycles. The fourth-order valence-electron chi connectivity index (χ4n) is 4.19. The summed E-state index contributed by atoms with van der Waals surface area (Å²) in [6, 6.07) is 8.95. The SMILES string of the molecule is Cc1cc(C)c(/C=C/[C@H](C[C@H](CC(=O)O)OC(=O)CN(C)C)OC(=O)CN(C)C)c(-c2ccc(F)c(C)c2)c1. The third-order valence-electron chi connectivity index (χ3n) is 5.85. The Bertz CT molecular complexity index is 1210. The van der Waals surface area contributed by atoms with Gasteiger partial charge in [0.15, 0.2) is 0 Å². The largest absolute Gasteiger partial charge is 0.481 e. The number of hydrogen-bond acceptors (Lipinski definition) is 7. The van der Waals surface area contributed by atoms with E-state index >= 15 is 0 Å². The first-order chi connectivity index (χ1) is 18.2. The fraction of sp³-hybridized carbons (Fsp3) is 0.433. The van der Waals surface area contributed by atoms with Crippen LogP contribution < -0.4 is 0 Å². The van der Waals surface area contributed by atoms with Gasteiger partial charge in [0.25, 0.3) is 0 Å². The van der Waals surface area contributed by atoms with Crippen molar-refractivity contribution in [3.05, 3.63) is 64.5 Å². The van der Waals surface area contributed by atoms with E-state index in [1.165, 1.54) is 6.07 Å². The Kier molecular flexibility index (Phi) is 11.8. The van der Waals surface area contributed by atoms with Gasteiger partial charge < -0.3 is 14.6 Å². The molecule has 1 N–H and O–H groups in total. The number of aliphatic carboxylic acids is 1. The summed E-state index contributed by atoms with van der Waals surface area (Å²) in [5.74, 6) is -2.50. The predicted molar refractivity (Wildman–Crippen MR) is 149 cm³/mol. The molecule has 2 aromatic carbocycles. The molecule has 0 bridgehead atoms. The molecule has 0 spiro atoms. The Hall–Kier alpha value is -3.56. The van der Waals surface area contributed by atoms with E-state index in [9.17, 15) is 23.9 Å². The van der Waals surface area contributed by atoms with Gasteiger partial charge in [0, 0.05) is 6.42 Å². The Morgan fingerprint density at radius 3 is 2.10 bits per heavy atom. The van der Waals surface area contributed by atoms with Crippen LogP contribution in [0.5, 0.6) is 0 Å². The van der Waals surface area contributed by atoms with Crippen molar-refractivity contribution in [1.82, 2.24) is 9.80 Å². The number of aryl methyl sites for hydroxylation is 3. The van der Waals surface area contributed by atoms with Crippen LogP contribution in [0.25, 0.3) is 17.2 Å². The molecule has 0 aliphatic heterocycles. The highest BCUT2D eigenvalue weighted by Crippen LogP contribution is 2.30. The monoisotopic (exact) mass is 542 g/mol. The first kappa shape index (κ1) is 31.7. The van der Waals surface area contributed by atoms with Gasteiger partial charge >= 0.3 is 17.9 Å². The number of likely N-dealkylation sites (N-methyl/N-ethyl adjacent to an activating group) is 2. The smallest absolute Gasteiger partial charge is 0.320 e. The van der Waals surface area contributed by atoms with Crippen LogP contribution in [-0.4, -0.2) is 86.3 Å². The van der Waals surface area contributed by atoms with Crippen molar-refractivity contribution >= 4 is 24.0 Å². The summed E-state index contributed by atoms with van der Waals surface area (Å²) in [5.41, 5.74) is 5.08. The highest BCUT2D eigenvalue weighted by Gasteiger charge is 2.25. The highest BCUT2D eigenvalue weighted by atomic mass is 19.1. The minimum atomic E-state index is -1.14. The quantitative estimate of drug-likeness (QED) is 0.376. The van der Waals surface area contributed by atoms with E-state index in [2.05, 4.69) is 0 Å². The van der Waals surface area contributed by atoms with Crippen LogP contribution in [-0.2, 0) is 23.9 Å². The average Bonchev–Trinajstić information content (AvgIpc) is 2.78. The van der Waals surface area contributed by atoms with E-state index in [1.807, 2.05) is 32.1 Å². The average molecular weight is 543 g/mol. The first-order valence-corrected chi connectivity index (χ1v) is 12.7. The summed E-state index contributed by atoms with van der Waals surface area (Å²) in [6.45, 7) is 5.65. The maximum Gasteiger partial charge on any atom is 0.320 e. The van der Waals surface area contributed by atoms with Crippen molar-refractivity contribution in [2.45, 2.75) is 45.8 Å². The minimum absolute atomic E-state index is 0.0138. The predicted octanol–water partition coefficient (Wildman–Crippen LogP) is 4.24. The molecule has 9 heteroatoms. The third-order valence-corrected chi connectivity index (χ3v) is 5.85. The summed E-state index contributed by atoms with van der Waals surface area (Å²) in [7, 11) is 6.86. The molecule has 0 aromatic heterocycles. The van der Waals surface area contributed by atoms with E-state index in [0.29, 0.717) is 5.56 Å². The van der Waals surface area contributed by atoms with Crippen molar-refractivity contribution in [1.29, 1.82) is 0 Å². The lowest BCUT2D eigenvalue weighted by Crippen LogP contribution is -2.33. The summed E-state index contributed by atoms with van der Waals surface area (Å²) >= 11 is 0. The zero-order chi connectivity index (χ0) is 29.3. The minimum Gasteiger partial charge on any atom is -0.481 e. The molecule has 0 heterocycles. The third kappa shape index (κ3) is 10.6. The van der Waals surface area contributed by atoms with Crippen LogP contribution in [0.15, 0.2) is 36.4 Å². The van der Waals surface area contributed by atoms with Crippen LogP contribution in [0.1, 0.15) is 35.1 Å². The van der Waals surface area contributed by atoms with Gasteiger partial charge in [-0.05, 0) is 95.0 Å². The van der Waals surface area contributed by atoms with Crippen molar-refractivity contribution < 1.29 is 33.4 Å². The number of esters is 2. The maximum atomic E-state index is 14.0. The first-order valence-electron chi connectivity index (χ1n) is 12.7. The Morgan fingerprint density at radius 2 is 1.54 bits per heavy atom. The molecule has 8 nitrogen and oxygen atoms in total. The van der Waals surface area contributed by atoms with Gasteiger partial charge in [-0.25, -0.2) is 4.39 Å². The van der Waals surface area contributed by atoms with Crippen LogP contribution in [0.4, 0.5) is 4.39 Å². The summed E-state index contributed by atoms with van der Waals surface area (Å²) in [5, 5.41) is 9.41. The molecule has 0 aliphatic carbocycles. The molecule has 2 rings (SSSR count). The summed E-state index contributed by atoms with van der Waals surface area (Å²) < 4.78 is 25.1. The van der Waals surface area contributed by atoms with E-state index in [-0.39, 0.29) is 25.3 Å². The fourth-order valence-corrected chi connectivity index (χ4v) is 4.19. The molecule has 0 unspecified atom stereocenters. The Morgan fingerprint density at radius 1 is 0.923 bits per heavy atom. The van der Waals surface area contributed by atoms with Gasteiger partial charge in [0.2, 0.25) is 0 Å². The van der Waals surface area contributed by atoms with Gasteiger partial charge in [-0.1, -0.05) is 29.8 Å². The van der Waals surface area contributed by atoms with E-state index < -0.39 is 36.5 Å². The molecule has 2 aromatic rings. The van der Waals surface area contributed by atoms with Gasteiger partial charge in [0.1, 0.15) is 18.0 Å². The summed E-state index contributed by atoms with van der Waals surface area (Å²) in [6.07, 6.45) is 1.16. The van der Waals surface area contributed by atoms with Gasteiger partial charge in [-0.2, -0.15) is 0 Å². The van der Waals surface area contributed by atoms with Crippen molar-refractivity contribution in [2.24, 2.45) is 0 Å². The summed E-state index contributed by atoms with van der Waals surface area (Å²) in [4.78, 5) is 39.6. The standard InChI is InChI=1S/C30H39FN2O6/c1-19-12-20(2)25(26(13-19)22-8-11-27(31)21(3)14-22)10-9-23(38-29(36)17-32(4)5)15-24(16-28(34)35)39-30(37)18-33(6)7/h8-14,23-24H,15-18H2,1-7H3,(H,34,35)/b10-9+/t23-,24-/m1/s1. The lowest BCUT2D eigenvalue weighted by atomic mass is 9.92. The van der Waals surface area contributed by atoms with Gasteiger partial charge in [-0.15, -0.1) is 0 Å². The van der Waals surface area contributed by atoms with Crippen LogP contribution >= 0.6 is 0 Å². The zero-order valence-corrected chi connectivity index (χ0v) is 23.8. The van der Waals surface area contributed by atoms with Crippen molar-refractivity contribution in [3.63, 3.8) is 0 Å². The molecular weight excluding hydrogens is 503 g/mol. The van der Waals surface area contributed by atoms with Gasteiger partial charge in [0.05, 0.1) is 19.5 Å². The number of carboxylic acid groups (broad SMARTS) is 1. The van der Waals surface area contributed by atoms with E-state index in [4.69, 9.17) is 9.47 Å². The molecule has 39 heavy (non-hydrogen) atoms. The van der Waals surface area contributed by atoms with Crippen LogP contribution in [0.2, 0.25) is 0 Å². The molecule has 2 atom stereocenters. The zero-order valence-electron chi connectivity index (χ0n) is 23.8. The number of carbonyl (C=O) groups excluding carboxylic acids is 2. The molecule has 0 saturated carbocycles. The maximum absolute atomic E-state index is 14.0. The van der Waals surface area contributed by atoms with Crippen molar-refractivity contribution in [3.8, 4) is 11.1 Å². The highest BCUT2D eigenvalue weighted by molar-refractivity contribution is 5.79. The molecule has 0 amide bonds. The number of ether oxygens (including phenoxy) is 2. The van der Waals surface area contributed by atoms with Crippen LogP contribution in [0, 0.1) is 26.6 Å². The number of benzene rings is 2. The molecule has 212 valence electrons. The molecule has 0 fully saturated rings. The number of nitrogens with zero attached hydrogens (tertiary/aromatic N) is 2. The van der Waals surface area contributed by atoms with E-state index in [0.717, 1.165) is 27.8 Å². The second kappa shape index (κ2) is 14.6. The van der Waals surface area contributed by atoms with Crippen molar-refractivity contribution in [2.75, 3.05) is 41.3 Å². The number of halogens is 1. The number of carboxylic acids is 1. The van der Waals surface area contributed by atoms with Gasteiger partial charge in [-0.3, -0.25) is 24.2 Å². The number of rotatable bonds is 13. The Labute approximate surface area is 230 Å². The Balaban J connectivity index is 2.46. The van der Waals surface area contributed by atoms with Crippen LogP contribution in [0.3, 0.4) is 0 Å². The lowest BCUT2D eigenvalue weighted by molar-refractivity contribution is -0.156. The topological polar surface area (TPSA) is 96.4 Å². The number of carbonyl (C=O) groups is 3. The number of hydrogen-bond donors (Lipinski definition) is 1.